The number of aryl methyl sites for hydroxylation is 2. The van der Waals surface area contributed by atoms with Crippen molar-refractivity contribution in [3.63, 3.8) is 0 Å². The Kier molecular flexibility index (Phi) is 3.30. The van der Waals surface area contributed by atoms with Crippen LogP contribution in [0.3, 0.4) is 0 Å². The normalized spacial score (nSPS) is 11.4. The highest BCUT2D eigenvalue weighted by Crippen LogP contribution is 2.29. The summed E-state index contributed by atoms with van der Waals surface area (Å²) in [5, 5.41) is 4.35. The Morgan fingerprint density at radius 1 is 1.40 bits per heavy atom. The highest BCUT2D eigenvalue weighted by Gasteiger charge is 2.19. The minimum atomic E-state index is -0.315. The van der Waals surface area contributed by atoms with Gasteiger partial charge < -0.3 is 0 Å². The number of imidazole rings is 1. The maximum Gasteiger partial charge on any atom is 0.163 e. The Bertz CT molecular complexity index is 808. The zero-order chi connectivity index (χ0) is 14.4. The molecule has 3 rings (SSSR count). The number of alkyl halides is 1. The second-order valence-corrected chi connectivity index (χ2v) is 5.60. The summed E-state index contributed by atoms with van der Waals surface area (Å²) in [4.78, 5) is 4.50. The van der Waals surface area contributed by atoms with Crippen LogP contribution in [0.1, 0.15) is 11.5 Å². The molecule has 0 spiro atoms. The Morgan fingerprint density at radius 3 is 2.85 bits per heavy atom. The number of fused-ring (bicyclic) bond motifs is 1. The lowest BCUT2D eigenvalue weighted by Crippen LogP contribution is -2.05. The molecule has 4 nitrogen and oxygen atoms in total. The Hall–Kier alpha value is -1.40. The van der Waals surface area contributed by atoms with E-state index in [0.29, 0.717) is 11.5 Å². The molecule has 2 heterocycles. The molecular weight excluding hydrogens is 347 g/mol. The van der Waals surface area contributed by atoms with Crippen LogP contribution in [0.5, 0.6) is 0 Å². The van der Waals surface area contributed by atoms with Gasteiger partial charge in [-0.15, -0.1) is 11.6 Å². The van der Waals surface area contributed by atoms with E-state index in [2.05, 4.69) is 26.0 Å². The van der Waals surface area contributed by atoms with Crippen molar-refractivity contribution >= 4 is 38.7 Å². The molecule has 0 aliphatic rings. The standard InChI is InChI=1S/C13H11BrClFN4/c1-7-12-13(19(2)18-7)20(11(6-15)17-12)10-5-8(16)3-4-9(10)14/h3-5H,6H2,1-2H3. The molecule has 7 heteroatoms. The number of hydrogen-bond donors (Lipinski definition) is 0. The van der Waals surface area contributed by atoms with Gasteiger partial charge in [-0.05, 0) is 41.1 Å². The van der Waals surface area contributed by atoms with Gasteiger partial charge in [0.1, 0.15) is 17.2 Å². The first-order valence-electron chi connectivity index (χ1n) is 5.95. The third kappa shape index (κ3) is 1.94. The third-order valence-corrected chi connectivity index (χ3v) is 4.05. The Labute approximate surface area is 128 Å². The van der Waals surface area contributed by atoms with Crippen LogP contribution in [-0.4, -0.2) is 19.3 Å². The summed E-state index contributed by atoms with van der Waals surface area (Å²) in [6, 6.07) is 4.51. The van der Waals surface area contributed by atoms with E-state index < -0.39 is 0 Å². The second-order valence-electron chi connectivity index (χ2n) is 4.47. The van der Waals surface area contributed by atoms with Crippen LogP contribution in [0.25, 0.3) is 16.9 Å². The van der Waals surface area contributed by atoms with E-state index in [1.54, 1.807) is 10.7 Å². The predicted molar refractivity (Wildman–Crippen MR) is 79.8 cm³/mol. The first-order valence-corrected chi connectivity index (χ1v) is 7.28. The molecule has 0 fully saturated rings. The van der Waals surface area contributed by atoms with E-state index in [9.17, 15) is 4.39 Å². The SMILES string of the molecule is Cc1nn(C)c2c1nc(CCl)n2-c1cc(F)ccc1Br. The average molecular weight is 358 g/mol. The fourth-order valence-corrected chi connectivity index (χ4v) is 2.92. The van der Waals surface area contributed by atoms with Gasteiger partial charge in [-0.3, -0.25) is 4.57 Å². The molecule has 2 aromatic heterocycles. The third-order valence-electron chi connectivity index (χ3n) is 3.14. The van der Waals surface area contributed by atoms with E-state index >= 15 is 0 Å². The fraction of sp³-hybridized carbons (Fsp3) is 0.231. The first kappa shape index (κ1) is 13.6. The summed E-state index contributed by atoms with van der Waals surface area (Å²) in [5.74, 6) is 0.574. The minimum absolute atomic E-state index is 0.233. The lowest BCUT2D eigenvalue weighted by atomic mass is 10.3. The molecule has 0 saturated carbocycles. The molecular formula is C13H11BrClFN4. The number of nitrogens with zero attached hydrogens (tertiary/aromatic N) is 4. The zero-order valence-electron chi connectivity index (χ0n) is 10.9. The van der Waals surface area contributed by atoms with Crippen molar-refractivity contribution in [2.45, 2.75) is 12.8 Å². The van der Waals surface area contributed by atoms with Gasteiger partial charge in [-0.25, -0.2) is 14.1 Å². The van der Waals surface area contributed by atoms with Gasteiger partial charge >= 0.3 is 0 Å². The second kappa shape index (κ2) is 4.86. The van der Waals surface area contributed by atoms with Crippen molar-refractivity contribution in [3.05, 3.63) is 40.0 Å². The number of benzene rings is 1. The maximum absolute atomic E-state index is 13.6. The molecule has 0 aliphatic heterocycles. The summed E-state index contributed by atoms with van der Waals surface area (Å²) in [5.41, 5.74) is 3.05. The molecule has 104 valence electrons. The Balaban J connectivity index is 2.42. The van der Waals surface area contributed by atoms with Gasteiger partial charge in [0.15, 0.2) is 5.65 Å². The Morgan fingerprint density at radius 2 is 2.15 bits per heavy atom. The van der Waals surface area contributed by atoms with Crippen LogP contribution >= 0.6 is 27.5 Å². The van der Waals surface area contributed by atoms with E-state index in [1.807, 2.05) is 18.5 Å². The van der Waals surface area contributed by atoms with Crippen molar-refractivity contribution in [2.24, 2.45) is 7.05 Å². The minimum Gasteiger partial charge on any atom is -0.279 e. The predicted octanol–water partition coefficient (Wildman–Crippen LogP) is 3.71. The topological polar surface area (TPSA) is 35.6 Å². The molecule has 3 aromatic rings. The van der Waals surface area contributed by atoms with Crippen molar-refractivity contribution in [2.75, 3.05) is 0 Å². The van der Waals surface area contributed by atoms with Crippen molar-refractivity contribution in [1.82, 2.24) is 19.3 Å². The average Bonchev–Trinajstić information content (AvgIpc) is 2.92. The van der Waals surface area contributed by atoms with Crippen molar-refractivity contribution < 1.29 is 4.39 Å². The largest absolute Gasteiger partial charge is 0.279 e. The summed E-state index contributed by atoms with van der Waals surface area (Å²) < 4.78 is 17.9. The molecule has 0 amide bonds. The number of aromatic nitrogens is 4. The number of rotatable bonds is 2. The molecule has 20 heavy (non-hydrogen) atoms. The monoisotopic (exact) mass is 356 g/mol. The van der Waals surface area contributed by atoms with Gasteiger partial charge in [0.05, 0.1) is 17.3 Å². The summed E-state index contributed by atoms with van der Waals surface area (Å²) in [7, 11) is 1.83. The lowest BCUT2D eigenvalue weighted by Gasteiger charge is -2.10. The van der Waals surface area contributed by atoms with Crippen LogP contribution in [0, 0.1) is 12.7 Å². The molecule has 0 bridgehead atoms. The molecule has 0 atom stereocenters. The summed E-state index contributed by atoms with van der Waals surface area (Å²) in [6.45, 7) is 1.89. The van der Waals surface area contributed by atoms with Gasteiger partial charge in [0.25, 0.3) is 0 Å². The van der Waals surface area contributed by atoms with E-state index in [-0.39, 0.29) is 11.7 Å². The molecule has 1 aromatic carbocycles. The molecule has 0 N–H and O–H groups in total. The summed E-state index contributed by atoms with van der Waals surface area (Å²) >= 11 is 9.43. The van der Waals surface area contributed by atoms with Gasteiger partial charge in [0.2, 0.25) is 0 Å². The van der Waals surface area contributed by atoms with E-state index in [1.165, 1.54) is 12.1 Å². The number of hydrogen-bond acceptors (Lipinski definition) is 2. The molecule has 0 aliphatic carbocycles. The van der Waals surface area contributed by atoms with Crippen LogP contribution in [-0.2, 0) is 12.9 Å². The van der Waals surface area contributed by atoms with Crippen LogP contribution in [0.15, 0.2) is 22.7 Å². The van der Waals surface area contributed by atoms with E-state index in [0.717, 1.165) is 21.3 Å². The quantitative estimate of drug-likeness (QED) is 0.656. The van der Waals surface area contributed by atoms with Crippen LogP contribution in [0.2, 0.25) is 0 Å². The van der Waals surface area contributed by atoms with Gasteiger partial charge in [-0.2, -0.15) is 5.10 Å². The molecule has 0 radical (unpaired) electrons. The smallest absolute Gasteiger partial charge is 0.163 e. The van der Waals surface area contributed by atoms with Gasteiger partial charge in [-0.1, -0.05) is 0 Å². The van der Waals surface area contributed by atoms with Crippen molar-refractivity contribution in [3.8, 4) is 5.69 Å². The molecule has 0 unspecified atom stereocenters. The van der Waals surface area contributed by atoms with Crippen LogP contribution in [0.4, 0.5) is 4.39 Å². The highest BCUT2D eigenvalue weighted by atomic mass is 79.9. The number of halogens is 3. The maximum atomic E-state index is 13.6. The lowest BCUT2D eigenvalue weighted by molar-refractivity contribution is 0.625. The molecule has 0 saturated heterocycles. The highest BCUT2D eigenvalue weighted by molar-refractivity contribution is 9.10. The van der Waals surface area contributed by atoms with Crippen LogP contribution < -0.4 is 0 Å². The zero-order valence-corrected chi connectivity index (χ0v) is 13.2. The summed E-state index contributed by atoms with van der Waals surface area (Å²) in [6.07, 6.45) is 0. The fourth-order valence-electron chi connectivity index (χ4n) is 2.32. The van der Waals surface area contributed by atoms with Gasteiger partial charge in [0, 0.05) is 11.5 Å². The van der Waals surface area contributed by atoms with Crippen molar-refractivity contribution in [1.29, 1.82) is 0 Å². The first-order chi connectivity index (χ1) is 9.52. The van der Waals surface area contributed by atoms with E-state index in [4.69, 9.17) is 11.6 Å².